The minimum absolute atomic E-state index is 0.963. The van der Waals surface area contributed by atoms with E-state index in [-0.39, 0.29) is 0 Å². The molecule has 1 heteroatoms. The molecule has 0 radical (unpaired) electrons. The SMILES string of the molecule is C=C/C(CC)=C(CC)/C(=C\CC)/N=C(/C=C(\C)CC)CC. The molecule has 0 saturated heterocycles. The van der Waals surface area contributed by atoms with Crippen molar-refractivity contribution in [1.82, 2.24) is 0 Å². The molecule has 21 heavy (non-hydrogen) atoms. The number of rotatable bonds is 9. The molecule has 0 rings (SSSR count). The molecule has 0 amide bonds. The zero-order chi connectivity index (χ0) is 16.3. The molecule has 0 atom stereocenters. The Morgan fingerprint density at radius 1 is 0.952 bits per heavy atom. The molecule has 118 valence electrons. The van der Waals surface area contributed by atoms with Crippen LogP contribution >= 0.6 is 0 Å². The van der Waals surface area contributed by atoms with Crippen LogP contribution in [0.4, 0.5) is 0 Å². The number of hydrogen-bond acceptors (Lipinski definition) is 1. The summed E-state index contributed by atoms with van der Waals surface area (Å²) in [6, 6.07) is 0. The van der Waals surface area contributed by atoms with Crippen molar-refractivity contribution in [1.29, 1.82) is 0 Å². The predicted octanol–water partition coefficient (Wildman–Crippen LogP) is 6.79. The van der Waals surface area contributed by atoms with E-state index in [1.807, 2.05) is 6.08 Å². The maximum Gasteiger partial charge on any atom is 0.0627 e. The second-order valence-electron chi connectivity index (χ2n) is 5.21. The van der Waals surface area contributed by atoms with Crippen LogP contribution in [-0.2, 0) is 0 Å². The summed E-state index contributed by atoms with van der Waals surface area (Å²) in [5.74, 6) is 0. The Balaban J connectivity index is 5.85. The fourth-order valence-corrected chi connectivity index (χ4v) is 2.24. The summed E-state index contributed by atoms with van der Waals surface area (Å²) in [4.78, 5) is 4.96. The summed E-state index contributed by atoms with van der Waals surface area (Å²) in [5, 5.41) is 0. The van der Waals surface area contributed by atoms with Crippen molar-refractivity contribution in [3.8, 4) is 0 Å². The first-order valence-corrected chi connectivity index (χ1v) is 8.37. The van der Waals surface area contributed by atoms with Crippen molar-refractivity contribution >= 4 is 5.71 Å². The monoisotopic (exact) mass is 287 g/mol. The highest BCUT2D eigenvalue weighted by atomic mass is 14.8. The van der Waals surface area contributed by atoms with E-state index in [0.29, 0.717) is 0 Å². The molecule has 0 bridgehead atoms. The fourth-order valence-electron chi connectivity index (χ4n) is 2.24. The Hall–Kier alpha value is -1.37. The average Bonchev–Trinajstić information content (AvgIpc) is 2.50. The van der Waals surface area contributed by atoms with E-state index in [1.54, 1.807) is 0 Å². The van der Waals surface area contributed by atoms with Gasteiger partial charge in [0.05, 0.1) is 5.70 Å². The first-order valence-electron chi connectivity index (χ1n) is 8.37. The summed E-state index contributed by atoms with van der Waals surface area (Å²) < 4.78 is 0. The van der Waals surface area contributed by atoms with Gasteiger partial charge in [-0.1, -0.05) is 58.9 Å². The standard InChI is InChI=1S/C20H33N/c1-8-14-20(19(13-6)17(10-3)11-4)21-18(12-5)15-16(7)9-2/h10,14-15H,3,8-9,11-13H2,1-2,4-7H3/b16-15+,19-17-,20-14+,21-18+. The van der Waals surface area contributed by atoms with Gasteiger partial charge in [-0.15, -0.1) is 0 Å². The quantitative estimate of drug-likeness (QED) is 0.327. The van der Waals surface area contributed by atoms with Gasteiger partial charge >= 0.3 is 0 Å². The molecule has 0 aromatic rings. The van der Waals surface area contributed by atoms with Crippen LogP contribution in [0.2, 0.25) is 0 Å². The van der Waals surface area contributed by atoms with Gasteiger partial charge in [0.25, 0.3) is 0 Å². The maximum absolute atomic E-state index is 4.96. The molecule has 0 unspecified atom stereocenters. The molecule has 0 N–H and O–H groups in total. The molecule has 1 nitrogen and oxygen atoms in total. The van der Waals surface area contributed by atoms with Crippen LogP contribution in [0.1, 0.15) is 73.6 Å². The highest BCUT2D eigenvalue weighted by molar-refractivity contribution is 5.96. The highest BCUT2D eigenvalue weighted by Gasteiger charge is 2.07. The number of aliphatic imine (C=N–C) groups is 1. The predicted molar refractivity (Wildman–Crippen MR) is 98.0 cm³/mol. The Bertz CT molecular complexity index is 444. The van der Waals surface area contributed by atoms with E-state index >= 15 is 0 Å². The second-order valence-corrected chi connectivity index (χ2v) is 5.21. The van der Waals surface area contributed by atoms with Crippen molar-refractivity contribution in [3.63, 3.8) is 0 Å². The Morgan fingerprint density at radius 2 is 1.62 bits per heavy atom. The van der Waals surface area contributed by atoms with E-state index in [9.17, 15) is 0 Å². The molecular weight excluding hydrogens is 254 g/mol. The Morgan fingerprint density at radius 3 is 2.00 bits per heavy atom. The van der Waals surface area contributed by atoms with Crippen molar-refractivity contribution in [2.45, 2.75) is 73.6 Å². The fraction of sp³-hybridized carbons (Fsp3) is 0.550. The van der Waals surface area contributed by atoms with E-state index in [1.165, 1.54) is 22.4 Å². The van der Waals surface area contributed by atoms with E-state index < -0.39 is 0 Å². The largest absolute Gasteiger partial charge is 0.254 e. The highest BCUT2D eigenvalue weighted by Crippen LogP contribution is 2.24. The lowest BCUT2D eigenvalue weighted by Gasteiger charge is -2.12. The van der Waals surface area contributed by atoms with Crippen LogP contribution in [0.25, 0.3) is 0 Å². The molecule has 0 saturated carbocycles. The summed E-state index contributed by atoms with van der Waals surface area (Å²) in [7, 11) is 0. The lowest BCUT2D eigenvalue weighted by molar-refractivity contribution is 0.999. The second kappa shape index (κ2) is 11.3. The third kappa shape index (κ3) is 6.75. The molecule has 0 aliphatic carbocycles. The van der Waals surface area contributed by atoms with Crippen LogP contribution in [0.5, 0.6) is 0 Å². The van der Waals surface area contributed by atoms with E-state index in [2.05, 4.69) is 60.3 Å². The van der Waals surface area contributed by atoms with E-state index in [0.717, 1.165) is 37.8 Å². The molecule has 0 aromatic carbocycles. The molecule has 0 aliphatic heterocycles. The topological polar surface area (TPSA) is 12.4 Å². The average molecular weight is 287 g/mol. The minimum Gasteiger partial charge on any atom is -0.254 e. The Kier molecular flexibility index (Phi) is 10.6. The zero-order valence-corrected chi connectivity index (χ0v) is 14.9. The van der Waals surface area contributed by atoms with Gasteiger partial charge in [-0.2, -0.15) is 0 Å². The van der Waals surface area contributed by atoms with E-state index in [4.69, 9.17) is 4.99 Å². The van der Waals surface area contributed by atoms with Crippen LogP contribution in [0, 0.1) is 0 Å². The van der Waals surface area contributed by atoms with Crippen LogP contribution in [0.15, 0.2) is 52.2 Å². The van der Waals surface area contributed by atoms with Gasteiger partial charge in [0.1, 0.15) is 0 Å². The number of hydrogen-bond donors (Lipinski definition) is 0. The molecule has 0 aromatic heterocycles. The smallest absolute Gasteiger partial charge is 0.0627 e. The summed E-state index contributed by atoms with van der Waals surface area (Å²) in [6.07, 6.45) is 11.5. The molecule has 0 fully saturated rings. The summed E-state index contributed by atoms with van der Waals surface area (Å²) in [6.45, 7) is 17.0. The first-order chi connectivity index (χ1) is 10.1. The third-order valence-corrected chi connectivity index (χ3v) is 3.67. The van der Waals surface area contributed by atoms with Crippen molar-refractivity contribution < 1.29 is 0 Å². The van der Waals surface area contributed by atoms with Gasteiger partial charge in [0, 0.05) is 5.71 Å². The van der Waals surface area contributed by atoms with Gasteiger partial charge in [-0.25, -0.2) is 0 Å². The normalized spacial score (nSPS) is 15.0. The van der Waals surface area contributed by atoms with Crippen molar-refractivity contribution in [3.05, 3.63) is 47.2 Å². The third-order valence-electron chi connectivity index (χ3n) is 3.67. The lowest BCUT2D eigenvalue weighted by Crippen LogP contribution is -1.98. The van der Waals surface area contributed by atoms with Gasteiger partial charge in [0.2, 0.25) is 0 Å². The van der Waals surface area contributed by atoms with Crippen LogP contribution < -0.4 is 0 Å². The van der Waals surface area contributed by atoms with Crippen molar-refractivity contribution in [2.24, 2.45) is 4.99 Å². The molecule has 0 heterocycles. The molecular formula is C20H33N. The number of allylic oxidation sites excluding steroid dienone is 6. The molecule has 0 spiro atoms. The number of nitrogens with zero attached hydrogens (tertiary/aromatic N) is 1. The Labute approximate surface area is 132 Å². The van der Waals surface area contributed by atoms with Crippen molar-refractivity contribution in [2.75, 3.05) is 0 Å². The maximum atomic E-state index is 4.96. The van der Waals surface area contributed by atoms with Crippen LogP contribution in [-0.4, -0.2) is 5.71 Å². The van der Waals surface area contributed by atoms with Gasteiger partial charge < -0.3 is 0 Å². The molecule has 0 aliphatic rings. The van der Waals surface area contributed by atoms with Gasteiger partial charge in [-0.3, -0.25) is 4.99 Å². The zero-order valence-electron chi connectivity index (χ0n) is 14.9. The minimum atomic E-state index is 0.963. The lowest BCUT2D eigenvalue weighted by atomic mass is 9.99. The van der Waals surface area contributed by atoms with Gasteiger partial charge in [0.15, 0.2) is 0 Å². The van der Waals surface area contributed by atoms with Gasteiger partial charge in [-0.05, 0) is 56.3 Å². The summed E-state index contributed by atoms with van der Waals surface area (Å²) >= 11 is 0. The summed E-state index contributed by atoms with van der Waals surface area (Å²) in [5.41, 5.74) is 6.33. The first kappa shape index (κ1) is 19.6. The van der Waals surface area contributed by atoms with Crippen LogP contribution in [0.3, 0.4) is 0 Å².